The Balaban J connectivity index is 1.43. The van der Waals surface area contributed by atoms with Crippen molar-refractivity contribution in [2.24, 2.45) is 5.92 Å². The van der Waals surface area contributed by atoms with E-state index in [0.717, 1.165) is 46.5 Å². The predicted molar refractivity (Wildman–Crippen MR) is 131 cm³/mol. The number of rotatable bonds is 6. The summed E-state index contributed by atoms with van der Waals surface area (Å²) in [5, 5.41) is 9.21. The number of likely N-dealkylation sites (N-methyl/N-ethyl adjacent to an activating group) is 1. The molecule has 0 radical (unpaired) electrons. The van der Waals surface area contributed by atoms with Gasteiger partial charge in [-0.3, -0.25) is 4.79 Å². The van der Waals surface area contributed by atoms with Crippen molar-refractivity contribution < 1.29 is 9.53 Å². The number of aromatic nitrogens is 4. The third kappa shape index (κ3) is 4.16. The number of ether oxygens (including phenoxy) is 1. The fourth-order valence-electron chi connectivity index (χ4n) is 4.44. The first-order chi connectivity index (χ1) is 15.9. The summed E-state index contributed by atoms with van der Waals surface area (Å²) >= 11 is 8.14. The maximum absolute atomic E-state index is 13.0. The van der Waals surface area contributed by atoms with Gasteiger partial charge in [-0.1, -0.05) is 11.6 Å². The van der Waals surface area contributed by atoms with E-state index in [1.807, 2.05) is 26.1 Å². The van der Waals surface area contributed by atoms with Gasteiger partial charge in [0.2, 0.25) is 5.91 Å². The summed E-state index contributed by atoms with van der Waals surface area (Å²) in [6.45, 7) is 2.56. The standard InChI is InChI=1S/C23H25ClN6O2S/c1-13(32-3)10-29(2)23(31)14-4-5-16-19(8-14)33-22-20(16)21(25-12-26-22)28-18-9-15-6-7-27-30(15)11-17(18)24/h6-7,9,11-14H,4-5,8,10H2,1-3H3,(H,25,26,28)/t13-,14-/m0/s1. The first-order valence-electron chi connectivity index (χ1n) is 10.9. The number of nitrogens with zero attached hydrogens (tertiary/aromatic N) is 5. The number of hydrogen-bond acceptors (Lipinski definition) is 7. The van der Waals surface area contributed by atoms with Crippen molar-refractivity contribution in [1.82, 2.24) is 24.5 Å². The summed E-state index contributed by atoms with van der Waals surface area (Å²) in [4.78, 5) is 26.0. The second-order valence-corrected chi connectivity index (χ2v) is 9.96. The van der Waals surface area contributed by atoms with Gasteiger partial charge in [0.15, 0.2) is 0 Å². The molecule has 0 aliphatic heterocycles. The normalized spacial score (nSPS) is 16.7. The molecule has 4 heterocycles. The van der Waals surface area contributed by atoms with Crippen molar-refractivity contribution in [2.45, 2.75) is 32.3 Å². The third-order valence-corrected chi connectivity index (χ3v) is 7.71. The number of aryl methyl sites for hydroxylation is 1. The number of carbonyl (C=O) groups is 1. The Kier molecular flexibility index (Phi) is 5.94. The molecule has 172 valence electrons. The highest BCUT2D eigenvalue weighted by Crippen LogP contribution is 2.41. The molecule has 0 spiro atoms. The fraction of sp³-hybridized carbons (Fsp3) is 0.391. The summed E-state index contributed by atoms with van der Waals surface area (Å²) in [6.07, 6.45) is 7.44. The zero-order valence-electron chi connectivity index (χ0n) is 18.7. The average Bonchev–Trinajstić information content (AvgIpc) is 3.42. The lowest BCUT2D eigenvalue weighted by molar-refractivity contribution is -0.135. The molecule has 0 saturated heterocycles. The van der Waals surface area contributed by atoms with E-state index in [9.17, 15) is 4.79 Å². The number of pyridine rings is 1. The van der Waals surface area contributed by atoms with Gasteiger partial charge in [0.25, 0.3) is 0 Å². The molecule has 4 aromatic heterocycles. The van der Waals surface area contributed by atoms with Gasteiger partial charge < -0.3 is 15.0 Å². The number of methoxy groups -OCH3 is 1. The minimum atomic E-state index is -0.0253. The van der Waals surface area contributed by atoms with Crippen LogP contribution in [0, 0.1) is 5.92 Å². The van der Waals surface area contributed by atoms with Crippen molar-refractivity contribution in [1.29, 1.82) is 0 Å². The van der Waals surface area contributed by atoms with Gasteiger partial charge in [-0.2, -0.15) is 5.10 Å². The molecule has 1 aliphatic carbocycles. The molecule has 10 heteroatoms. The fourth-order valence-corrected chi connectivity index (χ4v) is 5.90. The van der Waals surface area contributed by atoms with E-state index in [1.54, 1.807) is 46.6 Å². The number of anilines is 2. The van der Waals surface area contributed by atoms with Crippen molar-refractivity contribution in [3.05, 3.63) is 46.3 Å². The first-order valence-corrected chi connectivity index (χ1v) is 12.1. The predicted octanol–water partition coefficient (Wildman–Crippen LogP) is 4.33. The highest BCUT2D eigenvalue weighted by atomic mass is 35.5. The van der Waals surface area contributed by atoms with Crippen LogP contribution >= 0.6 is 22.9 Å². The lowest BCUT2D eigenvalue weighted by Crippen LogP contribution is -2.39. The topological polar surface area (TPSA) is 84.6 Å². The van der Waals surface area contributed by atoms with Crippen LogP contribution in [-0.2, 0) is 22.4 Å². The Hall–Kier alpha value is -2.75. The largest absolute Gasteiger partial charge is 0.380 e. The van der Waals surface area contributed by atoms with Gasteiger partial charge in [0.05, 0.1) is 27.7 Å². The lowest BCUT2D eigenvalue weighted by Gasteiger charge is -2.28. The lowest BCUT2D eigenvalue weighted by atomic mass is 9.87. The number of thiophene rings is 1. The molecule has 2 atom stereocenters. The molecular formula is C23H25ClN6O2S. The highest BCUT2D eigenvalue weighted by Gasteiger charge is 2.31. The van der Waals surface area contributed by atoms with Crippen LogP contribution in [0.5, 0.6) is 0 Å². The van der Waals surface area contributed by atoms with Gasteiger partial charge in [0.1, 0.15) is 17.0 Å². The summed E-state index contributed by atoms with van der Waals surface area (Å²) in [6, 6.07) is 3.87. The summed E-state index contributed by atoms with van der Waals surface area (Å²) in [5.41, 5.74) is 2.94. The van der Waals surface area contributed by atoms with E-state index in [4.69, 9.17) is 16.3 Å². The SMILES string of the molecule is CO[C@@H](C)CN(C)C(=O)[C@H]1CCc2c(sc3ncnc(Nc4cc5ccnn5cc4Cl)c23)C1. The molecule has 0 fully saturated rings. The van der Waals surface area contributed by atoms with E-state index in [1.165, 1.54) is 10.4 Å². The number of carbonyl (C=O) groups excluding carboxylic acids is 1. The van der Waals surface area contributed by atoms with Gasteiger partial charge in [0, 0.05) is 43.9 Å². The minimum Gasteiger partial charge on any atom is -0.380 e. The van der Waals surface area contributed by atoms with E-state index in [2.05, 4.69) is 20.4 Å². The van der Waals surface area contributed by atoms with Crippen LogP contribution in [-0.4, -0.2) is 57.2 Å². The van der Waals surface area contributed by atoms with Crippen molar-refractivity contribution >= 4 is 56.1 Å². The van der Waals surface area contributed by atoms with Crippen LogP contribution in [0.3, 0.4) is 0 Å². The number of amides is 1. The Bertz CT molecular complexity index is 1340. The molecule has 0 aromatic carbocycles. The van der Waals surface area contributed by atoms with E-state index < -0.39 is 0 Å². The maximum atomic E-state index is 13.0. The molecule has 1 amide bonds. The second-order valence-electron chi connectivity index (χ2n) is 8.47. The highest BCUT2D eigenvalue weighted by molar-refractivity contribution is 7.19. The zero-order chi connectivity index (χ0) is 23.1. The molecule has 1 N–H and O–H groups in total. The second kappa shape index (κ2) is 8.89. The van der Waals surface area contributed by atoms with Crippen molar-refractivity contribution in [3.63, 3.8) is 0 Å². The monoisotopic (exact) mass is 484 g/mol. The average molecular weight is 485 g/mol. The zero-order valence-corrected chi connectivity index (χ0v) is 20.3. The van der Waals surface area contributed by atoms with Gasteiger partial charge in [-0.25, -0.2) is 14.5 Å². The Morgan fingerprint density at radius 3 is 3.12 bits per heavy atom. The smallest absolute Gasteiger partial charge is 0.225 e. The number of nitrogens with one attached hydrogen (secondary N) is 1. The Morgan fingerprint density at radius 1 is 1.45 bits per heavy atom. The third-order valence-electron chi connectivity index (χ3n) is 6.24. The van der Waals surface area contributed by atoms with Gasteiger partial charge >= 0.3 is 0 Å². The van der Waals surface area contributed by atoms with Crippen LogP contribution in [0.1, 0.15) is 23.8 Å². The van der Waals surface area contributed by atoms with Crippen LogP contribution in [0.4, 0.5) is 11.5 Å². The van der Waals surface area contributed by atoms with Crippen LogP contribution in [0.15, 0.2) is 30.9 Å². The quantitative estimate of drug-likeness (QED) is 0.438. The van der Waals surface area contributed by atoms with Crippen molar-refractivity contribution in [3.8, 4) is 0 Å². The molecule has 8 nitrogen and oxygen atoms in total. The Labute approximate surface area is 200 Å². The molecular weight excluding hydrogens is 460 g/mol. The van der Waals surface area contributed by atoms with E-state index >= 15 is 0 Å². The number of fused-ring (bicyclic) bond motifs is 4. The molecule has 1 aliphatic rings. The first kappa shape index (κ1) is 22.1. The van der Waals surface area contributed by atoms with Crippen LogP contribution in [0.2, 0.25) is 5.02 Å². The molecule has 0 unspecified atom stereocenters. The number of halogens is 1. The number of hydrogen-bond donors (Lipinski definition) is 1. The molecule has 0 saturated carbocycles. The van der Waals surface area contributed by atoms with Crippen LogP contribution in [0.25, 0.3) is 15.7 Å². The minimum absolute atomic E-state index is 0.0138. The maximum Gasteiger partial charge on any atom is 0.225 e. The Morgan fingerprint density at radius 2 is 2.30 bits per heavy atom. The van der Waals surface area contributed by atoms with Gasteiger partial charge in [-0.05, 0) is 43.9 Å². The molecule has 5 rings (SSSR count). The van der Waals surface area contributed by atoms with Crippen LogP contribution < -0.4 is 5.32 Å². The summed E-state index contributed by atoms with van der Waals surface area (Å²) < 4.78 is 7.05. The van der Waals surface area contributed by atoms with Gasteiger partial charge in [-0.15, -0.1) is 11.3 Å². The molecule has 4 aromatic rings. The molecule has 0 bridgehead atoms. The van der Waals surface area contributed by atoms with Crippen molar-refractivity contribution in [2.75, 3.05) is 26.0 Å². The summed E-state index contributed by atoms with van der Waals surface area (Å²) in [5.74, 6) is 0.883. The van der Waals surface area contributed by atoms with E-state index in [-0.39, 0.29) is 17.9 Å². The summed E-state index contributed by atoms with van der Waals surface area (Å²) in [7, 11) is 3.52. The van der Waals surface area contributed by atoms with E-state index in [0.29, 0.717) is 11.6 Å². The molecule has 33 heavy (non-hydrogen) atoms.